The summed E-state index contributed by atoms with van der Waals surface area (Å²) in [5.41, 5.74) is 25.4. The third-order valence-corrected chi connectivity index (χ3v) is 9.67. The number of nitrogens with one attached hydrogen (secondary N) is 1. The van der Waals surface area contributed by atoms with Gasteiger partial charge >= 0.3 is 0 Å². The van der Waals surface area contributed by atoms with Crippen LogP contribution in [0, 0.1) is 0 Å². The SMILES string of the molecule is CCCCNc1cc2c(cc1C(C)(C)C)[C@@]1(CCCCCC(N)C1)Cc1cc(C(C)(C)C)c(C(N)CCC)cc1-2. The van der Waals surface area contributed by atoms with E-state index in [1.54, 1.807) is 5.56 Å². The number of anilines is 1. The van der Waals surface area contributed by atoms with Crippen molar-refractivity contribution in [3.63, 3.8) is 0 Å². The maximum absolute atomic E-state index is 6.91. The highest BCUT2D eigenvalue weighted by atomic mass is 14.9. The van der Waals surface area contributed by atoms with Crippen molar-refractivity contribution in [1.82, 2.24) is 0 Å². The quantitative estimate of drug-likeness (QED) is 0.304. The lowest BCUT2D eigenvalue weighted by atomic mass is 9.60. The second-order valence-corrected chi connectivity index (χ2v) is 15.2. The molecule has 0 aliphatic heterocycles. The zero-order valence-electron chi connectivity index (χ0n) is 27.1. The zero-order chi connectivity index (χ0) is 29.3. The molecule has 2 aliphatic carbocycles. The molecular weight excluding hydrogens is 486 g/mol. The van der Waals surface area contributed by atoms with Gasteiger partial charge in [-0.05, 0) is 100 Å². The second kappa shape index (κ2) is 12.2. The number of rotatable bonds is 7. The summed E-state index contributed by atoms with van der Waals surface area (Å²) in [5.74, 6) is 0. The minimum absolute atomic E-state index is 0.0451. The largest absolute Gasteiger partial charge is 0.385 e. The second-order valence-electron chi connectivity index (χ2n) is 15.2. The van der Waals surface area contributed by atoms with Crippen LogP contribution in [0.3, 0.4) is 0 Å². The van der Waals surface area contributed by atoms with Gasteiger partial charge in [0.25, 0.3) is 0 Å². The van der Waals surface area contributed by atoms with Gasteiger partial charge in [0.05, 0.1) is 0 Å². The Labute approximate surface area is 246 Å². The summed E-state index contributed by atoms with van der Waals surface area (Å²) in [6, 6.07) is 10.5. The predicted octanol–water partition coefficient (Wildman–Crippen LogP) is 9.44. The number of benzene rings is 2. The lowest BCUT2D eigenvalue weighted by molar-refractivity contribution is 0.286. The maximum Gasteiger partial charge on any atom is 0.0384 e. The molecule has 0 radical (unpaired) electrons. The molecule has 40 heavy (non-hydrogen) atoms. The summed E-state index contributed by atoms with van der Waals surface area (Å²) in [6.45, 7) is 19.7. The number of hydrogen-bond acceptors (Lipinski definition) is 3. The fourth-order valence-corrected chi connectivity index (χ4v) is 7.53. The molecule has 3 atom stereocenters. The predicted molar refractivity (Wildman–Crippen MR) is 176 cm³/mol. The van der Waals surface area contributed by atoms with Crippen molar-refractivity contribution in [3.05, 3.63) is 52.1 Å². The minimum Gasteiger partial charge on any atom is -0.385 e. The Bertz CT molecular complexity index is 1170. The topological polar surface area (TPSA) is 64.1 Å². The molecule has 0 aromatic heterocycles. The van der Waals surface area contributed by atoms with Gasteiger partial charge in [-0.2, -0.15) is 0 Å². The molecule has 5 N–H and O–H groups in total. The maximum atomic E-state index is 6.91. The number of fused-ring (bicyclic) bond motifs is 4. The van der Waals surface area contributed by atoms with Crippen LogP contribution in [0.25, 0.3) is 11.1 Å². The lowest BCUT2D eigenvalue weighted by Crippen LogP contribution is -2.40. The first-order chi connectivity index (χ1) is 18.8. The summed E-state index contributed by atoms with van der Waals surface area (Å²) >= 11 is 0. The van der Waals surface area contributed by atoms with E-state index in [4.69, 9.17) is 11.5 Å². The number of unbranched alkanes of at least 4 members (excludes halogenated alkanes) is 1. The molecular formula is C37H59N3. The molecule has 2 aliphatic rings. The Kier molecular flexibility index (Phi) is 9.47. The molecule has 2 unspecified atom stereocenters. The molecule has 1 saturated carbocycles. The molecule has 0 amide bonds. The zero-order valence-corrected chi connectivity index (χ0v) is 27.1. The van der Waals surface area contributed by atoms with E-state index in [1.165, 1.54) is 77.6 Å². The van der Waals surface area contributed by atoms with Crippen molar-refractivity contribution in [1.29, 1.82) is 0 Å². The van der Waals surface area contributed by atoms with E-state index in [2.05, 4.69) is 85.0 Å². The highest BCUT2D eigenvalue weighted by Gasteiger charge is 2.42. The number of nitrogens with two attached hydrogens (primary N) is 2. The molecule has 1 fully saturated rings. The smallest absolute Gasteiger partial charge is 0.0384 e. The standard InChI is InChI=1S/C37H59N3/c1-9-11-18-40-34-21-28-27-20-29(33(39)15-10-2)30(35(3,4)5)19-25(27)23-37(17-14-12-13-16-26(38)24-37)31(28)22-32(34)36(6,7)8/h19-22,26,33,40H,9-18,23-24,38-39H2,1-8H3/t26?,33?,37-/m0/s1. The van der Waals surface area contributed by atoms with Crippen molar-refractivity contribution >= 4 is 5.69 Å². The molecule has 4 rings (SSSR count). The van der Waals surface area contributed by atoms with Crippen LogP contribution < -0.4 is 16.8 Å². The Morgan fingerprint density at radius 3 is 2.27 bits per heavy atom. The summed E-state index contributed by atoms with van der Waals surface area (Å²) in [4.78, 5) is 0. The van der Waals surface area contributed by atoms with E-state index < -0.39 is 0 Å². The van der Waals surface area contributed by atoms with Crippen molar-refractivity contribution in [3.8, 4) is 11.1 Å². The van der Waals surface area contributed by atoms with Gasteiger partial charge in [-0.25, -0.2) is 0 Å². The van der Waals surface area contributed by atoms with Crippen molar-refractivity contribution in [2.75, 3.05) is 11.9 Å². The van der Waals surface area contributed by atoms with Crippen LogP contribution in [0.4, 0.5) is 5.69 Å². The summed E-state index contributed by atoms with van der Waals surface area (Å²) in [7, 11) is 0. The van der Waals surface area contributed by atoms with E-state index in [0.717, 1.165) is 38.6 Å². The molecule has 0 bridgehead atoms. The third kappa shape index (κ3) is 6.46. The van der Waals surface area contributed by atoms with Gasteiger partial charge in [0.15, 0.2) is 0 Å². The van der Waals surface area contributed by atoms with E-state index in [0.29, 0.717) is 0 Å². The Morgan fingerprint density at radius 2 is 1.62 bits per heavy atom. The van der Waals surface area contributed by atoms with E-state index >= 15 is 0 Å². The lowest BCUT2D eigenvalue weighted by Gasteiger charge is -2.45. The summed E-state index contributed by atoms with van der Waals surface area (Å²) < 4.78 is 0. The molecule has 3 heteroatoms. The van der Waals surface area contributed by atoms with Crippen LogP contribution in [-0.2, 0) is 22.7 Å². The van der Waals surface area contributed by atoms with Crippen molar-refractivity contribution in [2.45, 2.75) is 154 Å². The van der Waals surface area contributed by atoms with Crippen LogP contribution in [-0.4, -0.2) is 12.6 Å². The van der Waals surface area contributed by atoms with E-state index in [9.17, 15) is 0 Å². The fourth-order valence-electron chi connectivity index (χ4n) is 7.53. The van der Waals surface area contributed by atoms with Gasteiger partial charge in [0.2, 0.25) is 0 Å². The highest BCUT2D eigenvalue weighted by Crippen LogP contribution is 2.53. The molecule has 3 nitrogen and oxygen atoms in total. The monoisotopic (exact) mass is 545 g/mol. The Balaban J connectivity index is 2.02. The van der Waals surface area contributed by atoms with Crippen LogP contribution in [0.1, 0.15) is 153 Å². The van der Waals surface area contributed by atoms with Gasteiger partial charge in [-0.15, -0.1) is 0 Å². The highest BCUT2D eigenvalue weighted by molar-refractivity contribution is 5.81. The first kappa shape index (κ1) is 31.1. The summed E-state index contributed by atoms with van der Waals surface area (Å²) in [5, 5.41) is 3.87. The first-order valence-corrected chi connectivity index (χ1v) is 16.4. The average Bonchev–Trinajstić information content (AvgIpc) is 2.85. The first-order valence-electron chi connectivity index (χ1n) is 16.4. The van der Waals surface area contributed by atoms with Gasteiger partial charge in [0, 0.05) is 29.7 Å². The average molecular weight is 546 g/mol. The van der Waals surface area contributed by atoms with E-state index in [1.807, 2.05) is 0 Å². The van der Waals surface area contributed by atoms with Gasteiger partial charge < -0.3 is 16.8 Å². The molecule has 0 saturated heterocycles. The fraction of sp³-hybridized carbons (Fsp3) is 0.676. The van der Waals surface area contributed by atoms with Crippen LogP contribution >= 0.6 is 0 Å². The van der Waals surface area contributed by atoms with Crippen molar-refractivity contribution in [2.24, 2.45) is 11.5 Å². The van der Waals surface area contributed by atoms with Crippen LogP contribution in [0.2, 0.25) is 0 Å². The molecule has 222 valence electrons. The molecule has 1 spiro atoms. The van der Waals surface area contributed by atoms with Gasteiger partial charge in [-0.1, -0.05) is 99.6 Å². The van der Waals surface area contributed by atoms with Crippen LogP contribution in [0.5, 0.6) is 0 Å². The minimum atomic E-state index is 0.0451. The normalized spacial score (nSPS) is 22.3. The van der Waals surface area contributed by atoms with Crippen LogP contribution in [0.15, 0.2) is 24.3 Å². The van der Waals surface area contributed by atoms with Crippen molar-refractivity contribution < 1.29 is 0 Å². The third-order valence-electron chi connectivity index (χ3n) is 9.67. The Hall–Kier alpha value is -1.84. The molecule has 2 aromatic carbocycles. The molecule has 0 heterocycles. The summed E-state index contributed by atoms with van der Waals surface area (Å²) in [6.07, 6.45) is 12.9. The van der Waals surface area contributed by atoms with Gasteiger partial charge in [-0.3, -0.25) is 0 Å². The number of hydrogen-bond donors (Lipinski definition) is 3. The Morgan fingerprint density at radius 1 is 0.900 bits per heavy atom. The van der Waals surface area contributed by atoms with Gasteiger partial charge in [0.1, 0.15) is 0 Å². The molecule has 2 aromatic rings. The van der Waals surface area contributed by atoms with E-state index in [-0.39, 0.29) is 28.3 Å².